The first-order valence-electron chi connectivity index (χ1n) is 8.88. The normalized spacial score (nSPS) is 16.8. The Morgan fingerprint density at radius 2 is 1.50 bits per heavy atom. The van der Waals surface area contributed by atoms with Crippen molar-refractivity contribution in [2.45, 2.75) is 12.3 Å². The molecule has 3 aromatic carbocycles. The van der Waals surface area contributed by atoms with Crippen molar-refractivity contribution < 1.29 is 9.53 Å². The van der Waals surface area contributed by atoms with Gasteiger partial charge in [0.1, 0.15) is 17.8 Å². The fourth-order valence-electron chi connectivity index (χ4n) is 3.51. The van der Waals surface area contributed by atoms with E-state index >= 15 is 0 Å². The number of allylic oxidation sites excluding steroid dienone is 1. The number of hydrogen-bond acceptors (Lipinski definition) is 2. The number of rotatable bonds is 5. The average molecular weight is 340 g/mol. The zero-order valence-electron chi connectivity index (χ0n) is 14.4. The number of aldehydes is 1. The van der Waals surface area contributed by atoms with Crippen LogP contribution >= 0.6 is 0 Å². The monoisotopic (exact) mass is 340 g/mol. The minimum atomic E-state index is -0.138. The lowest BCUT2D eigenvalue weighted by Crippen LogP contribution is -2.20. The second kappa shape index (κ2) is 7.40. The first-order valence-corrected chi connectivity index (χ1v) is 8.88. The van der Waals surface area contributed by atoms with Crippen LogP contribution in [0.1, 0.15) is 22.6 Å². The lowest BCUT2D eigenvalue weighted by atomic mass is 9.81. The second-order valence-electron chi connectivity index (χ2n) is 6.55. The molecule has 26 heavy (non-hydrogen) atoms. The van der Waals surface area contributed by atoms with Gasteiger partial charge in [-0.05, 0) is 24.1 Å². The number of ether oxygens (including phenoxy) is 1. The topological polar surface area (TPSA) is 26.3 Å². The Balaban J connectivity index is 1.73. The maximum atomic E-state index is 12.0. The number of benzene rings is 3. The summed E-state index contributed by atoms with van der Waals surface area (Å²) in [5, 5.41) is 0. The van der Waals surface area contributed by atoms with Crippen LogP contribution < -0.4 is 4.74 Å². The fourth-order valence-corrected chi connectivity index (χ4v) is 3.51. The van der Waals surface area contributed by atoms with E-state index < -0.39 is 0 Å². The molecule has 4 rings (SSSR count). The van der Waals surface area contributed by atoms with Crippen molar-refractivity contribution in [3.63, 3.8) is 0 Å². The van der Waals surface area contributed by atoms with Gasteiger partial charge in [0, 0.05) is 23.0 Å². The van der Waals surface area contributed by atoms with Gasteiger partial charge in [-0.2, -0.15) is 0 Å². The Morgan fingerprint density at radius 3 is 2.23 bits per heavy atom. The van der Waals surface area contributed by atoms with Crippen molar-refractivity contribution in [3.8, 4) is 5.75 Å². The molecule has 2 heteroatoms. The molecule has 2 atom stereocenters. The lowest BCUT2D eigenvalue weighted by Gasteiger charge is -2.28. The van der Waals surface area contributed by atoms with E-state index in [0.29, 0.717) is 6.42 Å². The molecule has 0 bridgehead atoms. The van der Waals surface area contributed by atoms with Gasteiger partial charge in [-0.25, -0.2) is 0 Å². The van der Waals surface area contributed by atoms with Crippen LogP contribution in [0.2, 0.25) is 0 Å². The molecule has 0 saturated carbocycles. The summed E-state index contributed by atoms with van der Waals surface area (Å²) in [5.41, 5.74) is 3.26. The van der Waals surface area contributed by atoms with Crippen molar-refractivity contribution in [1.29, 1.82) is 0 Å². The highest BCUT2D eigenvalue weighted by Crippen LogP contribution is 2.41. The number of carbonyl (C=O) groups is 1. The van der Waals surface area contributed by atoms with Gasteiger partial charge in [0.05, 0.1) is 0 Å². The highest BCUT2D eigenvalue weighted by molar-refractivity contribution is 5.69. The average Bonchev–Trinajstić information content (AvgIpc) is 2.72. The van der Waals surface area contributed by atoms with E-state index in [0.717, 1.165) is 28.9 Å². The SMILES string of the molecule is O=CC(Cc1ccccc1)C1C=C(c2ccccc2)Oc2ccccc21. The quantitative estimate of drug-likeness (QED) is 0.592. The molecular formula is C24H20O2. The van der Waals surface area contributed by atoms with E-state index in [2.05, 4.69) is 24.3 Å². The lowest BCUT2D eigenvalue weighted by molar-refractivity contribution is -0.111. The summed E-state index contributed by atoms with van der Waals surface area (Å²) < 4.78 is 6.14. The molecule has 3 aromatic rings. The Morgan fingerprint density at radius 1 is 0.846 bits per heavy atom. The molecule has 1 aliphatic heterocycles. The van der Waals surface area contributed by atoms with Crippen molar-refractivity contribution in [2.24, 2.45) is 5.92 Å². The van der Waals surface area contributed by atoms with Crippen LogP contribution in [0.25, 0.3) is 5.76 Å². The van der Waals surface area contributed by atoms with Gasteiger partial charge < -0.3 is 9.53 Å². The van der Waals surface area contributed by atoms with Crippen LogP contribution in [-0.4, -0.2) is 6.29 Å². The molecule has 1 aliphatic rings. The van der Waals surface area contributed by atoms with Crippen LogP contribution in [0.15, 0.2) is 91.0 Å². The first-order chi connectivity index (χ1) is 12.8. The summed E-state index contributed by atoms with van der Waals surface area (Å²) in [4.78, 5) is 12.0. The third-order valence-electron chi connectivity index (χ3n) is 4.84. The van der Waals surface area contributed by atoms with Gasteiger partial charge in [0.2, 0.25) is 0 Å². The van der Waals surface area contributed by atoms with E-state index in [4.69, 9.17) is 4.74 Å². The number of carbonyl (C=O) groups excluding carboxylic acids is 1. The molecule has 0 spiro atoms. The molecule has 2 unspecified atom stereocenters. The summed E-state index contributed by atoms with van der Waals surface area (Å²) >= 11 is 0. The van der Waals surface area contributed by atoms with Gasteiger partial charge in [-0.15, -0.1) is 0 Å². The van der Waals surface area contributed by atoms with Crippen LogP contribution in [-0.2, 0) is 11.2 Å². The summed E-state index contributed by atoms with van der Waals surface area (Å²) in [6.45, 7) is 0. The minimum absolute atomic E-state index is 0.00661. The molecule has 128 valence electrons. The smallest absolute Gasteiger partial charge is 0.131 e. The van der Waals surface area contributed by atoms with Crippen LogP contribution in [0.4, 0.5) is 0 Å². The Labute approximate surface area is 153 Å². The largest absolute Gasteiger partial charge is 0.457 e. The predicted octanol–water partition coefficient (Wildman–Crippen LogP) is 5.26. The summed E-state index contributed by atoms with van der Waals surface area (Å²) in [6, 6.07) is 28.2. The zero-order chi connectivity index (χ0) is 17.8. The Kier molecular flexibility index (Phi) is 4.65. The van der Waals surface area contributed by atoms with Gasteiger partial charge in [-0.3, -0.25) is 0 Å². The van der Waals surface area contributed by atoms with Crippen LogP contribution in [0.5, 0.6) is 5.75 Å². The summed E-state index contributed by atoms with van der Waals surface area (Å²) in [5.74, 6) is 1.50. The minimum Gasteiger partial charge on any atom is -0.457 e. The van der Waals surface area contributed by atoms with E-state index in [1.165, 1.54) is 5.56 Å². The number of fused-ring (bicyclic) bond motifs is 1. The first kappa shape index (κ1) is 16.3. The molecule has 2 nitrogen and oxygen atoms in total. The zero-order valence-corrected chi connectivity index (χ0v) is 14.4. The molecule has 0 radical (unpaired) electrons. The van der Waals surface area contributed by atoms with Crippen LogP contribution in [0, 0.1) is 5.92 Å². The summed E-state index contributed by atoms with van der Waals surface area (Å²) in [6.07, 6.45) is 3.89. The fraction of sp³-hybridized carbons (Fsp3) is 0.125. The van der Waals surface area contributed by atoms with Gasteiger partial charge in [0.25, 0.3) is 0 Å². The standard InChI is InChI=1S/C24H20O2/c25-17-20(15-18-9-3-1-4-10-18)22-16-24(19-11-5-2-6-12-19)26-23-14-8-7-13-21(22)23/h1-14,16-17,20,22H,15H2. The Bertz CT molecular complexity index is 913. The van der Waals surface area contributed by atoms with Gasteiger partial charge in [-0.1, -0.05) is 78.9 Å². The van der Waals surface area contributed by atoms with Crippen molar-refractivity contribution in [1.82, 2.24) is 0 Å². The summed E-state index contributed by atoms with van der Waals surface area (Å²) in [7, 11) is 0. The van der Waals surface area contributed by atoms with Crippen molar-refractivity contribution in [3.05, 3.63) is 108 Å². The predicted molar refractivity (Wildman–Crippen MR) is 104 cm³/mol. The second-order valence-corrected chi connectivity index (χ2v) is 6.55. The maximum Gasteiger partial charge on any atom is 0.131 e. The molecule has 0 aliphatic carbocycles. The number of hydrogen-bond donors (Lipinski definition) is 0. The molecule has 0 fully saturated rings. The highest BCUT2D eigenvalue weighted by atomic mass is 16.5. The molecule has 0 saturated heterocycles. The van der Waals surface area contributed by atoms with E-state index in [1.54, 1.807) is 0 Å². The number of para-hydroxylation sites is 1. The molecular weight excluding hydrogens is 320 g/mol. The van der Waals surface area contributed by atoms with Crippen molar-refractivity contribution in [2.75, 3.05) is 0 Å². The Hall–Kier alpha value is -3.13. The van der Waals surface area contributed by atoms with E-state index in [1.807, 2.05) is 66.7 Å². The van der Waals surface area contributed by atoms with E-state index in [-0.39, 0.29) is 11.8 Å². The molecule has 1 heterocycles. The van der Waals surface area contributed by atoms with Gasteiger partial charge >= 0.3 is 0 Å². The van der Waals surface area contributed by atoms with E-state index in [9.17, 15) is 4.79 Å². The molecule has 0 N–H and O–H groups in total. The van der Waals surface area contributed by atoms with Crippen molar-refractivity contribution >= 4 is 12.0 Å². The van der Waals surface area contributed by atoms with Gasteiger partial charge in [0.15, 0.2) is 0 Å². The third kappa shape index (κ3) is 3.31. The highest BCUT2D eigenvalue weighted by Gasteiger charge is 2.29. The molecule has 0 amide bonds. The molecule has 0 aromatic heterocycles. The third-order valence-corrected chi connectivity index (χ3v) is 4.84. The van der Waals surface area contributed by atoms with Crippen LogP contribution in [0.3, 0.4) is 0 Å². The maximum absolute atomic E-state index is 12.0.